The summed E-state index contributed by atoms with van der Waals surface area (Å²) in [5.41, 5.74) is -0.0795. The van der Waals surface area contributed by atoms with E-state index in [1.54, 1.807) is 26.0 Å². The summed E-state index contributed by atoms with van der Waals surface area (Å²) in [6.07, 6.45) is 0. The molecule has 0 heterocycles. The van der Waals surface area contributed by atoms with Gasteiger partial charge in [0.25, 0.3) is 5.69 Å². The number of halogens is 2. The summed E-state index contributed by atoms with van der Waals surface area (Å²) in [5.74, 6) is 0.887. The van der Waals surface area contributed by atoms with Gasteiger partial charge in [0.05, 0.1) is 9.40 Å². The van der Waals surface area contributed by atoms with Gasteiger partial charge in [-0.3, -0.25) is 14.7 Å². The summed E-state index contributed by atoms with van der Waals surface area (Å²) in [7, 11) is -1.07. The number of hydrogen-bond acceptors (Lipinski definition) is 7. The highest BCUT2D eigenvalue weighted by atomic mass is 79.9. The second-order valence-corrected chi connectivity index (χ2v) is 10.8. The van der Waals surface area contributed by atoms with E-state index >= 15 is 0 Å². The Morgan fingerprint density at radius 3 is 2.29 bits per heavy atom. The Morgan fingerprint density at radius 2 is 1.75 bits per heavy atom. The molecule has 0 unspecified atom stereocenters. The number of nitrogens with one attached hydrogen (secondary N) is 1. The molecule has 0 saturated carbocycles. The molecule has 0 fully saturated rings. The van der Waals surface area contributed by atoms with Crippen LogP contribution in [0.3, 0.4) is 0 Å². The van der Waals surface area contributed by atoms with Gasteiger partial charge in [0, 0.05) is 30.8 Å². The Kier molecular flexibility index (Phi) is 7.27. The van der Waals surface area contributed by atoms with Crippen molar-refractivity contribution < 1.29 is 23.3 Å². The Balaban J connectivity index is 2.43. The van der Waals surface area contributed by atoms with Crippen LogP contribution in [0, 0.1) is 10.1 Å². The van der Waals surface area contributed by atoms with Crippen LogP contribution in [0.25, 0.3) is 0 Å². The predicted molar refractivity (Wildman–Crippen MR) is 114 cm³/mol. The van der Waals surface area contributed by atoms with Crippen molar-refractivity contribution in [3.05, 3.63) is 55.5 Å². The van der Waals surface area contributed by atoms with Crippen LogP contribution >= 0.6 is 39.5 Å². The van der Waals surface area contributed by atoms with E-state index in [4.69, 9.17) is 13.8 Å². The van der Waals surface area contributed by atoms with Crippen LogP contribution in [0.15, 0.2) is 45.3 Å². The fraction of sp³-hybridized carbons (Fsp3) is 0.294. The number of anilines is 1. The molecule has 0 aliphatic heterocycles. The number of benzene rings is 2. The molecule has 0 amide bonds. The summed E-state index contributed by atoms with van der Waals surface area (Å²) in [5, 5.41) is 13.1. The number of nitro groups is 1. The van der Waals surface area contributed by atoms with Gasteiger partial charge in [-0.15, -0.1) is 0 Å². The van der Waals surface area contributed by atoms with Gasteiger partial charge in [-0.05, 0) is 54.0 Å². The molecule has 11 heteroatoms. The SMILES string of the molecule is COP(=O)(OC)C(C)(C)Nc1cc(Oc2ccc(Br)cc2Br)ccc1[N+](=O)[O-]. The molecule has 0 aromatic heterocycles. The lowest BCUT2D eigenvalue weighted by Crippen LogP contribution is -2.32. The molecule has 2 rings (SSSR count). The molecule has 152 valence electrons. The Morgan fingerprint density at radius 1 is 1.11 bits per heavy atom. The summed E-state index contributed by atoms with van der Waals surface area (Å²) in [6.45, 7) is 3.15. The highest BCUT2D eigenvalue weighted by molar-refractivity contribution is 9.11. The average molecular weight is 538 g/mol. The number of nitrogens with zero attached hydrogens (tertiary/aromatic N) is 1. The molecule has 0 radical (unpaired) electrons. The van der Waals surface area contributed by atoms with E-state index in [1.165, 1.54) is 32.4 Å². The first kappa shape index (κ1) is 22.8. The minimum absolute atomic E-state index is 0.120. The van der Waals surface area contributed by atoms with Gasteiger partial charge in [0.15, 0.2) is 0 Å². The Labute approximate surface area is 179 Å². The second kappa shape index (κ2) is 8.92. The standard InChI is InChI=1S/C17H19Br2N2O6P/c1-17(2,28(24,25-3)26-4)20-14-10-12(6-7-15(14)21(22)23)27-16-8-5-11(18)9-13(16)19/h5-10,20H,1-4H3. The van der Waals surface area contributed by atoms with Crippen LogP contribution < -0.4 is 10.1 Å². The monoisotopic (exact) mass is 536 g/mol. The van der Waals surface area contributed by atoms with Crippen molar-refractivity contribution in [1.29, 1.82) is 0 Å². The van der Waals surface area contributed by atoms with Crippen molar-refractivity contribution in [2.75, 3.05) is 19.5 Å². The summed E-state index contributed by atoms with van der Waals surface area (Å²) in [4.78, 5) is 10.9. The second-order valence-electron chi connectivity index (χ2n) is 6.16. The van der Waals surface area contributed by atoms with E-state index in [-0.39, 0.29) is 11.4 Å². The van der Waals surface area contributed by atoms with Crippen LogP contribution in [0.1, 0.15) is 13.8 Å². The fourth-order valence-electron chi connectivity index (χ4n) is 2.45. The zero-order valence-electron chi connectivity index (χ0n) is 15.6. The fourth-order valence-corrected chi connectivity index (χ4v) is 4.90. The van der Waals surface area contributed by atoms with Gasteiger partial charge in [0.1, 0.15) is 22.5 Å². The summed E-state index contributed by atoms with van der Waals surface area (Å²) in [6, 6.07) is 9.63. The van der Waals surface area contributed by atoms with Gasteiger partial charge >= 0.3 is 7.60 Å². The van der Waals surface area contributed by atoms with E-state index < -0.39 is 17.8 Å². The van der Waals surface area contributed by atoms with Gasteiger partial charge in [-0.2, -0.15) is 0 Å². The van der Waals surface area contributed by atoms with E-state index in [1.807, 2.05) is 6.07 Å². The highest BCUT2D eigenvalue weighted by Crippen LogP contribution is 2.59. The molecule has 28 heavy (non-hydrogen) atoms. The smallest absolute Gasteiger partial charge is 0.354 e. The van der Waals surface area contributed by atoms with Gasteiger partial charge in [-0.25, -0.2) is 0 Å². The molecule has 0 atom stereocenters. The zero-order valence-corrected chi connectivity index (χ0v) is 19.6. The lowest BCUT2D eigenvalue weighted by atomic mass is 10.2. The Hall–Kier alpha value is -1.45. The van der Waals surface area contributed by atoms with E-state index in [9.17, 15) is 14.7 Å². The van der Waals surface area contributed by atoms with E-state index in [0.29, 0.717) is 16.0 Å². The predicted octanol–water partition coefficient (Wildman–Crippen LogP) is 6.55. The third-order valence-corrected chi connectivity index (χ3v) is 7.45. The third kappa shape index (κ3) is 4.93. The van der Waals surface area contributed by atoms with Crippen molar-refractivity contribution in [3.8, 4) is 11.5 Å². The number of nitro benzene ring substituents is 1. The minimum Gasteiger partial charge on any atom is -0.456 e. The third-order valence-electron chi connectivity index (χ3n) is 3.89. The molecular formula is C17H19Br2N2O6P. The van der Waals surface area contributed by atoms with Crippen LogP contribution in [0.4, 0.5) is 11.4 Å². The molecule has 2 aromatic rings. The molecule has 0 bridgehead atoms. The first-order valence-electron chi connectivity index (χ1n) is 7.94. The number of rotatable bonds is 8. The highest BCUT2D eigenvalue weighted by Gasteiger charge is 2.43. The lowest BCUT2D eigenvalue weighted by Gasteiger charge is -2.32. The quantitative estimate of drug-likeness (QED) is 0.231. The van der Waals surface area contributed by atoms with Crippen molar-refractivity contribution in [2.45, 2.75) is 19.1 Å². The topological polar surface area (TPSA) is 99.9 Å². The van der Waals surface area contributed by atoms with Gasteiger partial charge in [-0.1, -0.05) is 15.9 Å². The van der Waals surface area contributed by atoms with E-state index in [0.717, 1.165) is 4.47 Å². The maximum Gasteiger partial charge on any atom is 0.354 e. The first-order valence-corrected chi connectivity index (χ1v) is 11.1. The average Bonchev–Trinajstić information content (AvgIpc) is 2.62. The molecule has 8 nitrogen and oxygen atoms in total. The molecule has 0 spiro atoms. The van der Waals surface area contributed by atoms with Crippen LogP contribution in [0.5, 0.6) is 11.5 Å². The van der Waals surface area contributed by atoms with Crippen LogP contribution in [-0.4, -0.2) is 24.4 Å². The minimum atomic E-state index is -3.58. The van der Waals surface area contributed by atoms with Crippen molar-refractivity contribution in [1.82, 2.24) is 0 Å². The lowest BCUT2D eigenvalue weighted by molar-refractivity contribution is -0.384. The zero-order chi connectivity index (χ0) is 21.1. The molecule has 2 aromatic carbocycles. The molecule has 1 N–H and O–H groups in total. The van der Waals surface area contributed by atoms with Crippen molar-refractivity contribution in [3.63, 3.8) is 0 Å². The number of ether oxygens (including phenoxy) is 1. The molecule has 0 aliphatic rings. The van der Waals surface area contributed by atoms with Gasteiger partial charge in [0.2, 0.25) is 0 Å². The Bertz CT molecular complexity index is 930. The molecular weight excluding hydrogens is 519 g/mol. The summed E-state index contributed by atoms with van der Waals surface area (Å²) < 4.78 is 30.3. The molecule has 0 aliphatic carbocycles. The van der Waals surface area contributed by atoms with E-state index in [2.05, 4.69) is 37.2 Å². The van der Waals surface area contributed by atoms with Gasteiger partial charge < -0.3 is 19.1 Å². The van der Waals surface area contributed by atoms with Crippen LogP contribution in [-0.2, 0) is 13.6 Å². The number of hydrogen-bond donors (Lipinski definition) is 1. The normalized spacial score (nSPS) is 11.9. The van der Waals surface area contributed by atoms with Crippen molar-refractivity contribution >= 4 is 50.8 Å². The first-order chi connectivity index (χ1) is 13.0. The van der Waals surface area contributed by atoms with Crippen molar-refractivity contribution in [2.24, 2.45) is 0 Å². The largest absolute Gasteiger partial charge is 0.456 e. The summed E-state index contributed by atoms with van der Waals surface area (Å²) >= 11 is 6.77. The maximum atomic E-state index is 12.8. The maximum absolute atomic E-state index is 12.8. The van der Waals surface area contributed by atoms with Crippen LogP contribution in [0.2, 0.25) is 0 Å². The molecule has 0 saturated heterocycles.